The van der Waals surface area contributed by atoms with Crippen molar-refractivity contribution in [3.63, 3.8) is 0 Å². The monoisotopic (exact) mass is 472 g/mol. The zero-order chi connectivity index (χ0) is 23.8. The van der Waals surface area contributed by atoms with Crippen molar-refractivity contribution in [2.75, 3.05) is 26.9 Å². The molecule has 1 aromatic heterocycles. The molecule has 1 aliphatic carbocycles. The summed E-state index contributed by atoms with van der Waals surface area (Å²) < 4.78 is 9.89. The summed E-state index contributed by atoms with van der Waals surface area (Å²) in [7, 11) is 1.56. The second-order valence-electron chi connectivity index (χ2n) is 7.66. The highest BCUT2D eigenvalue weighted by molar-refractivity contribution is 6.31. The highest BCUT2D eigenvalue weighted by Crippen LogP contribution is 2.39. The summed E-state index contributed by atoms with van der Waals surface area (Å²) >= 11 is 6.20. The fourth-order valence-corrected chi connectivity index (χ4v) is 4.09. The van der Waals surface area contributed by atoms with Crippen LogP contribution >= 0.6 is 11.6 Å². The van der Waals surface area contributed by atoms with Gasteiger partial charge in [-0.05, 0) is 41.8 Å². The van der Waals surface area contributed by atoms with Crippen LogP contribution in [0.5, 0.6) is 0 Å². The first kappa shape index (κ1) is 24.6. The summed E-state index contributed by atoms with van der Waals surface area (Å²) in [6.45, 7) is 3.58. The van der Waals surface area contributed by atoms with Crippen LogP contribution in [0.2, 0.25) is 5.02 Å². The molecule has 3 N–H and O–H groups in total. The Labute approximate surface area is 198 Å². The van der Waals surface area contributed by atoms with Crippen LogP contribution in [0.15, 0.2) is 66.7 Å². The van der Waals surface area contributed by atoms with Crippen molar-refractivity contribution in [3.05, 3.63) is 83.0 Å². The molecule has 1 amide bonds. The van der Waals surface area contributed by atoms with E-state index in [1.165, 1.54) is 11.8 Å². The molecule has 0 radical (unpaired) electrons. The van der Waals surface area contributed by atoms with Gasteiger partial charge < -0.3 is 29.6 Å². The second kappa shape index (κ2) is 11.7. The molecule has 8 heteroatoms. The molecule has 0 saturated heterocycles. The molecule has 0 saturated carbocycles. The molecule has 0 bridgehead atoms. The van der Waals surface area contributed by atoms with E-state index in [1.54, 1.807) is 12.0 Å². The molecule has 7 nitrogen and oxygen atoms in total. The van der Waals surface area contributed by atoms with Crippen molar-refractivity contribution in [3.8, 4) is 0 Å². The first-order valence-corrected chi connectivity index (χ1v) is 11.0. The molecule has 2 aromatic rings. The first-order chi connectivity index (χ1) is 16.0. The Hall–Kier alpha value is -3.00. The third kappa shape index (κ3) is 5.87. The fourth-order valence-electron chi connectivity index (χ4n) is 3.92. The molecular weight excluding hydrogens is 444 g/mol. The summed E-state index contributed by atoms with van der Waals surface area (Å²) in [5.41, 5.74) is 4.17. The second-order valence-corrected chi connectivity index (χ2v) is 8.10. The van der Waals surface area contributed by atoms with E-state index >= 15 is 0 Å². The van der Waals surface area contributed by atoms with Gasteiger partial charge in [-0.3, -0.25) is 4.79 Å². The van der Waals surface area contributed by atoms with E-state index in [1.807, 2.05) is 42.5 Å². The maximum atomic E-state index is 11.8. The minimum atomic E-state index is -0.906. The number of carbonyl (C=O) groups excluding carboxylic acids is 1. The zero-order valence-corrected chi connectivity index (χ0v) is 19.3. The largest absolute Gasteiger partial charge is 0.505 e. The highest BCUT2D eigenvalue weighted by atomic mass is 35.5. The topological polar surface area (TPSA) is 95.0 Å². The summed E-state index contributed by atoms with van der Waals surface area (Å²) in [6.07, 6.45) is 10.5. The highest BCUT2D eigenvalue weighted by Gasteiger charge is 2.31. The van der Waals surface area contributed by atoms with Crippen LogP contribution in [-0.4, -0.2) is 59.5 Å². The molecule has 1 aromatic carbocycles. The summed E-state index contributed by atoms with van der Waals surface area (Å²) in [4.78, 5) is 17.1. The third-order valence-electron chi connectivity index (χ3n) is 5.51. The van der Waals surface area contributed by atoms with Gasteiger partial charge in [-0.15, -0.1) is 0 Å². The van der Waals surface area contributed by atoms with Gasteiger partial charge in [0.1, 0.15) is 12.7 Å². The lowest BCUT2D eigenvalue weighted by molar-refractivity contribution is -0.120. The SMILES string of the molecule is C=COC.O=CN1CCc2c([nH]c3ccc(Cl)cc23)C1C1=CC=C(OCC(O)CO)CC=C1. The molecule has 2 aliphatic rings. The lowest BCUT2D eigenvalue weighted by Crippen LogP contribution is -2.35. The van der Waals surface area contributed by atoms with Crippen LogP contribution in [0.4, 0.5) is 0 Å². The van der Waals surface area contributed by atoms with Crippen molar-refractivity contribution < 1.29 is 24.5 Å². The van der Waals surface area contributed by atoms with E-state index in [-0.39, 0.29) is 19.3 Å². The van der Waals surface area contributed by atoms with Crippen LogP contribution in [0.3, 0.4) is 0 Å². The van der Waals surface area contributed by atoms with Gasteiger partial charge in [-0.25, -0.2) is 0 Å². The summed E-state index contributed by atoms with van der Waals surface area (Å²) in [5, 5.41) is 20.2. The molecule has 0 fully saturated rings. The number of H-pyrrole nitrogens is 1. The number of halogens is 1. The Morgan fingerprint density at radius 2 is 2.18 bits per heavy atom. The van der Waals surface area contributed by atoms with Crippen LogP contribution < -0.4 is 0 Å². The Kier molecular flexibility index (Phi) is 8.77. The van der Waals surface area contributed by atoms with Crippen LogP contribution in [-0.2, 0) is 20.7 Å². The maximum absolute atomic E-state index is 11.8. The molecule has 2 unspecified atom stereocenters. The average Bonchev–Trinajstić information content (AvgIpc) is 3.04. The fraction of sp³-hybridized carbons (Fsp3) is 0.320. The number of fused-ring (bicyclic) bond motifs is 3. The van der Waals surface area contributed by atoms with Crippen molar-refractivity contribution in [1.29, 1.82) is 0 Å². The predicted molar refractivity (Wildman–Crippen MR) is 129 cm³/mol. The number of nitrogens with one attached hydrogen (secondary N) is 1. The van der Waals surface area contributed by atoms with Crippen LogP contribution in [0.1, 0.15) is 23.7 Å². The molecule has 4 rings (SSSR count). The Balaban J connectivity index is 0.000000709. The molecular formula is C25H29ClN2O5. The van der Waals surface area contributed by atoms with E-state index in [0.29, 0.717) is 23.7 Å². The lowest BCUT2D eigenvalue weighted by Gasteiger charge is -2.33. The molecule has 33 heavy (non-hydrogen) atoms. The van der Waals surface area contributed by atoms with E-state index in [9.17, 15) is 9.90 Å². The van der Waals surface area contributed by atoms with Crippen molar-refractivity contribution in [1.82, 2.24) is 9.88 Å². The van der Waals surface area contributed by atoms with Gasteiger partial charge in [0.25, 0.3) is 0 Å². The van der Waals surface area contributed by atoms with Gasteiger partial charge in [0, 0.05) is 34.6 Å². The van der Waals surface area contributed by atoms with Gasteiger partial charge in [0.2, 0.25) is 6.41 Å². The van der Waals surface area contributed by atoms with Gasteiger partial charge in [-0.2, -0.15) is 0 Å². The smallest absolute Gasteiger partial charge is 0.210 e. The van der Waals surface area contributed by atoms with Gasteiger partial charge in [0.15, 0.2) is 0 Å². The lowest BCUT2D eigenvalue weighted by atomic mass is 9.92. The molecule has 0 spiro atoms. The van der Waals surface area contributed by atoms with E-state index in [0.717, 1.165) is 35.0 Å². The number of aromatic amines is 1. The van der Waals surface area contributed by atoms with E-state index in [2.05, 4.69) is 16.3 Å². The Morgan fingerprint density at radius 1 is 1.39 bits per heavy atom. The minimum absolute atomic E-state index is 0.0379. The van der Waals surface area contributed by atoms with Gasteiger partial charge >= 0.3 is 0 Å². The predicted octanol–water partition coefficient (Wildman–Crippen LogP) is 3.79. The normalized spacial score (nSPS) is 18.2. The quantitative estimate of drug-likeness (QED) is 0.421. The number of amides is 1. The Morgan fingerprint density at radius 3 is 2.88 bits per heavy atom. The maximum Gasteiger partial charge on any atom is 0.210 e. The number of aromatic nitrogens is 1. The summed E-state index contributed by atoms with van der Waals surface area (Å²) in [5.74, 6) is 0.695. The minimum Gasteiger partial charge on any atom is -0.505 e. The number of aliphatic hydroxyl groups excluding tert-OH is 2. The number of hydrogen-bond acceptors (Lipinski definition) is 5. The number of benzene rings is 1. The first-order valence-electron chi connectivity index (χ1n) is 10.7. The summed E-state index contributed by atoms with van der Waals surface area (Å²) in [6, 6.07) is 5.57. The van der Waals surface area contributed by atoms with Crippen molar-refractivity contribution in [2.24, 2.45) is 0 Å². The number of ether oxygens (including phenoxy) is 2. The van der Waals surface area contributed by atoms with Gasteiger partial charge in [0.05, 0.1) is 31.8 Å². The van der Waals surface area contributed by atoms with Crippen molar-refractivity contribution >= 4 is 28.9 Å². The third-order valence-corrected chi connectivity index (χ3v) is 5.74. The van der Waals surface area contributed by atoms with Crippen LogP contribution in [0.25, 0.3) is 10.9 Å². The molecule has 176 valence electrons. The zero-order valence-electron chi connectivity index (χ0n) is 18.5. The number of allylic oxidation sites excluding steroid dienone is 3. The molecule has 2 heterocycles. The number of aliphatic hydroxyl groups is 2. The molecule has 1 aliphatic heterocycles. The number of carbonyl (C=O) groups is 1. The molecule has 2 atom stereocenters. The Bertz CT molecular complexity index is 1070. The number of nitrogens with zero attached hydrogens (tertiary/aromatic N) is 1. The van der Waals surface area contributed by atoms with Crippen molar-refractivity contribution in [2.45, 2.75) is 25.0 Å². The van der Waals surface area contributed by atoms with Gasteiger partial charge in [-0.1, -0.05) is 36.4 Å². The number of hydrogen-bond donors (Lipinski definition) is 3. The van der Waals surface area contributed by atoms with Crippen LogP contribution in [0, 0.1) is 0 Å². The number of rotatable bonds is 7. The standard InChI is InChI=1S/C22H23ClN2O4.C3H6O/c23-15-5-7-20-19(10-15)18-8-9-25(13-27)22(21(18)24-20)14-2-1-3-17(6-4-14)29-12-16(28)11-26;1-3-4-2/h1-2,4-7,10,13,16,22,24,26,28H,3,8-9,11-12H2;3H,1H2,2H3. The van der Waals surface area contributed by atoms with E-state index < -0.39 is 6.10 Å². The van der Waals surface area contributed by atoms with E-state index in [4.69, 9.17) is 21.4 Å². The average molecular weight is 473 g/mol. The number of methoxy groups -OCH3 is 1.